The highest BCUT2D eigenvalue weighted by molar-refractivity contribution is 5.43. The van der Waals surface area contributed by atoms with Gasteiger partial charge in [0.05, 0.1) is 7.11 Å². The number of nitrogens with two attached hydrogens (primary N) is 1. The SMILES string of the molecule is COc1ccc(C2(N)C3CCCCC32)cc1C. The Balaban J connectivity index is 1.92. The lowest BCUT2D eigenvalue weighted by atomic mass is 9.99. The molecule has 0 radical (unpaired) electrons. The molecular formula is C15H21NO. The average Bonchev–Trinajstić information content (AvgIpc) is 2.97. The predicted molar refractivity (Wildman–Crippen MR) is 69.0 cm³/mol. The Hall–Kier alpha value is -1.02. The molecule has 1 aromatic rings. The van der Waals surface area contributed by atoms with E-state index in [0.29, 0.717) is 0 Å². The van der Waals surface area contributed by atoms with E-state index in [1.807, 2.05) is 0 Å². The minimum Gasteiger partial charge on any atom is -0.496 e. The highest BCUT2D eigenvalue weighted by atomic mass is 16.5. The standard InChI is InChI=1S/C15H21NO/c1-10-9-11(7-8-14(10)17-2)15(16)12-5-3-4-6-13(12)15/h7-9,12-13H,3-6,16H2,1-2H3. The van der Waals surface area contributed by atoms with E-state index in [1.54, 1.807) is 7.11 Å². The van der Waals surface area contributed by atoms with E-state index in [0.717, 1.165) is 17.6 Å². The van der Waals surface area contributed by atoms with Crippen LogP contribution in [0.4, 0.5) is 0 Å². The summed E-state index contributed by atoms with van der Waals surface area (Å²) >= 11 is 0. The van der Waals surface area contributed by atoms with Crippen LogP contribution in [-0.2, 0) is 5.54 Å². The minimum absolute atomic E-state index is 0.0342. The van der Waals surface area contributed by atoms with Crippen molar-refractivity contribution in [2.45, 2.75) is 38.1 Å². The smallest absolute Gasteiger partial charge is 0.121 e. The van der Waals surface area contributed by atoms with Crippen molar-refractivity contribution in [1.29, 1.82) is 0 Å². The molecule has 3 rings (SSSR count). The summed E-state index contributed by atoms with van der Waals surface area (Å²) in [4.78, 5) is 0. The van der Waals surface area contributed by atoms with Gasteiger partial charge < -0.3 is 10.5 Å². The Labute approximate surface area is 103 Å². The van der Waals surface area contributed by atoms with Crippen LogP contribution in [0.5, 0.6) is 5.75 Å². The lowest BCUT2D eigenvalue weighted by Gasteiger charge is -2.15. The monoisotopic (exact) mass is 231 g/mol. The van der Waals surface area contributed by atoms with Crippen molar-refractivity contribution >= 4 is 0 Å². The van der Waals surface area contributed by atoms with Gasteiger partial charge in [0.25, 0.3) is 0 Å². The number of ether oxygens (including phenoxy) is 1. The highest BCUT2D eigenvalue weighted by Gasteiger charge is 2.62. The van der Waals surface area contributed by atoms with Gasteiger partial charge >= 0.3 is 0 Å². The third-order valence-corrected chi connectivity index (χ3v) is 4.78. The first-order chi connectivity index (χ1) is 8.17. The molecule has 0 bridgehead atoms. The van der Waals surface area contributed by atoms with E-state index in [4.69, 9.17) is 10.5 Å². The molecule has 2 heteroatoms. The summed E-state index contributed by atoms with van der Waals surface area (Å²) in [6.07, 6.45) is 5.34. The number of rotatable bonds is 2. The van der Waals surface area contributed by atoms with Gasteiger partial charge in [0, 0.05) is 5.54 Å². The van der Waals surface area contributed by atoms with Crippen molar-refractivity contribution in [1.82, 2.24) is 0 Å². The molecule has 2 atom stereocenters. The van der Waals surface area contributed by atoms with Crippen LogP contribution in [0, 0.1) is 18.8 Å². The molecule has 17 heavy (non-hydrogen) atoms. The molecule has 1 aromatic carbocycles. The second-order valence-corrected chi connectivity index (χ2v) is 5.61. The predicted octanol–water partition coefficient (Wildman–Crippen LogP) is 2.98. The van der Waals surface area contributed by atoms with Gasteiger partial charge in [-0.15, -0.1) is 0 Å². The van der Waals surface area contributed by atoms with Crippen LogP contribution in [0.3, 0.4) is 0 Å². The molecule has 0 heterocycles. The number of methoxy groups -OCH3 is 1. The Morgan fingerprint density at radius 2 is 1.88 bits per heavy atom. The van der Waals surface area contributed by atoms with Gasteiger partial charge in [-0.3, -0.25) is 0 Å². The fourth-order valence-corrected chi connectivity index (χ4v) is 3.75. The van der Waals surface area contributed by atoms with E-state index in [2.05, 4.69) is 25.1 Å². The summed E-state index contributed by atoms with van der Waals surface area (Å²) in [5.74, 6) is 2.41. The maximum Gasteiger partial charge on any atom is 0.121 e. The Morgan fingerprint density at radius 3 is 2.41 bits per heavy atom. The zero-order valence-corrected chi connectivity index (χ0v) is 10.7. The van der Waals surface area contributed by atoms with Crippen LogP contribution in [0.2, 0.25) is 0 Å². The summed E-state index contributed by atoms with van der Waals surface area (Å²) in [6.45, 7) is 2.09. The first-order valence-electron chi connectivity index (χ1n) is 6.62. The van der Waals surface area contributed by atoms with Gasteiger partial charge in [-0.25, -0.2) is 0 Å². The van der Waals surface area contributed by atoms with Gasteiger partial charge in [0.15, 0.2) is 0 Å². The minimum atomic E-state index is -0.0342. The largest absolute Gasteiger partial charge is 0.496 e. The van der Waals surface area contributed by atoms with E-state index >= 15 is 0 Å². The zero-order chi connectivity index (χ0) is 12.0. The number of hydrogen-bond donors (Lipinski definition) is 1. The van der Waals surface area contributed by atoms with Crippen LogP contribution in [0.1, 0.15) is 36.8 Å². The molecule has 0 saturated heterocycles. The molecule has 2 unspecified atom stereocenters. The molecule has 0 spiro atoms. The molecule has 2 aliphatic rings. The molecule has 2 aliphatic carbocycles. The van der Waals surface area contributed by atoms with Gasteiger partial charge in [-0.1, -0.05) is 25.0 Å². The fraction of sp³-hybridized carbons (Fsp3) is 0.600. The Morgan fingerprint density at radius 1 is 1.24 bits per heavy atom. The Kier molecular flexibility index (Phi) is 2.44. The molecule has 2 N–H and O–H groups in total. The highest BCUT2D eigenvalue weighted by Crippen LogP contribution is 2.62. The van der Waals surface area contributed by atoms with Crippen LogP contribution >= 0.6 is 0 Å². The van der Waals surface area contributed by atoms with Crippen LogP contribution in [0.25, 0.3) is 0 Å². The summed E-state index contributed by atoms with van der Waals surface area (Å²) in [6, 6.07) is 6.44. The third-order valence-electron chi connectivity index (χ3n) is 4.78. The van der Waals surface area contributed by atoms with E-state index in [-0.39, 0.29) is 5.54 Å². The van der Waals surface area contributed by atoms with Crippen molar-refractivity contribution in [2.75, 3.05) is 7.11 Å². The molecule has 2 saturated carbocycles. The van der Waals surface area contributed by atoms with Crippen molar-refractivity contribution in [2.24, 2.45) is 17.6 Å². The normalized spacial score (nSPS) is 35.2. The molecule has 92 valence electrons. The molecule has 2 fully saturated rings. The molecular weight excluding hydrogens is 210 g/mol. The summed E-state index contributed by atoms with van der Waals surface area (Å²) in [5.41, 5.74) is 9.11. The van der Waals surface area contributed by atoms with Crippen molar-refractivity contribution in [3.8, 4) is 5.75 Å². The first-order valence-corrected chi connectivity index (χ1v) is 6.62. The third kappa shape index (κ3) is 1.50. The van der Waals surface area contributed by atoms with Crippen LogP contribution < -0.4 is 10.5 Å². The summed E-state index contributed by atoms with van der Waals surface area (Å²) in [7, 11) is 1.72. The summed E-state index contributed by atoms with van der Waals surface area (Å²) < 4.78 is 5.31. The van der Waals surface area contributed by atoms with E-state index in [9.17, 15) is 0 Å². The molecule has 0 amide bonds. The quantitative estimate of drug-likeness (QED) is 0.849. The number of benzene rings is 1. The lowest BCUT2D eigenvalue weighted by molar-refractivity contribution is 0.411. The number of hydrogen-bond acceptors (Lipinski definition) is 2. The van der Waals surface area contributed by atoms with Gasteiger partial charge in [-0.05, 0) is 48.8 Å². The summed E-state index contributed by atoms with van der Waals surface area (Å²) in [5, 5.41) is 0. The molecule has 0 aliphatic heterocycles. The van der Waals surface area contributed by atoms with Crippen molar-refractivity contribution < 1.29 is 4.74 Å². The number of aryl methyl sites for hydroxylation is 1. The number of fused-ring (bicyclic) bond motifs is 1. The maximum atomic E-state index is 6.64. The van der Waals surface area contributed by atoms with E-state index in [1.165, 1.54) is 36.8 Å². The van der Waals surface area contributed by atoms with Gasteiger partial charge in [0.1, 0.15) is 5.75 Å². The fourth-order valence-electron chi connectivity index (χ4n) is 3.75. The molecule has 2 nitrogen and oxygen atoms in total. The maximum absolute atomic E-state index is 6.64. The Bertz CT molecular complexity index is 429. The topological polar surface area (TPSA) is 35.2 Å². The van der Waals surface area contributed by atoms with Crippen LogP contribution in [-0.4, -0.2) is 7.11 Å². The average molecular weight is 231 g/mol. The molecule has 0 aromatic heterocycles. The van der Waals surface area contributed by atoms with Gasteiger partial charge in [-0.2, -0.15) is 0 Å². The van der Waals surface area contributed by atoms with E-state index < -0.39 is 0 Å². The lowest BCUT2D eigenvalue weighted by Crippen LogP contribution is -2.24. The zero-order valence-electron chi connectivity index (χ0n) is 10.7. The first kappa shape index (κ1) is 11.1. The van der Waals surface area contributed by atoms with Crippen molar-refractivity contribution in [3.63, 3.8) is 0 Å². The second kappa shape index (κ2) is 3.74. The van der Waals surface area contributed by atoms with Gasteiger partial charge in [0.2, 0.25) is 0 Å². The van der Waals surface area contributed by atoms with Crippen LogP contribution in [0.15, 0.2) is 18.2 Å². The second-order valence-electron chi connectivity index (χ2n) is 5.61. The van der Waals surface area contributed by atoms with Crippen molar-refractivity contribution in [3.05, 3.63) is 29.3 Å².